The average molecular weight is 185 g/mol. The maximum atomic E-state index is 8.78. The van der Waals surface area contributed by atoms with Gasteiger partial charge in [-0.2, -0.15) is 0 Å². The van der Waals surface area contributed by atoms with Gasteiger partial charge in [-0.25, -0.2) is 9.97 Å². The second-order valence-corrected chi connectivity index (χ2v) is 3.78. The first-order valence-electron chi connectivity index (χ1n) is 3.58. The molecule has 0 aliphatic heterocycles. The van der Waals surface area contributed by atoms with Crippen molar-refractivity contribution in [3.8, 4) is 0 Å². The number of anilines is 1. The highest BCUT2D eigenvalue weighted by atomic mass is 32.2. The van der Waals surface area contributed by atoms with E-state index < -0.39 is 0 Å². The van der Waals surface area contributed by atoms with E-state index in [2.05, 4.69) is 9.97 Å². The predicted molar refractivity (Wildman–Crippen MR) is 48.8 cm³/mol. The Labute approximate surface area is 75.2 Å². The minimum atomic E-state index is 0.101. The number of nitrogen functional groups attached to an aromatic ring is 1. The molecule has 0 bridgehead atoms. The van der Waals surface area contributed by atoms with E-state index >= 15 is 0 Å². The van der Waals surface area contributed by atoms with Crippen LogP contribution in [0.1, 0.15) is 6.92 Å². The highest BCUT2D eigenvalue weighted by Gasteiger charge is 2.06. The first-order chi connectivity index (χ1) is 5.74. The van der Waals surface area contributed by atoms with Gasteiger partial charge in [-0.15, -0.1) is 0 Å². The maximum absolute atomic E-state index is 8.78. The van der Waals surface area contributed by atoms with Gasteiger partial charge in [0.05, 0.1) is 6.61 Å². The van der Waals surface area contributed by atoms with Crippen LogP contribution in [-0.2, 0) is 0 Å². The van der Waals surface area contributed by atoms with E-state index in [1.54, 1.807) is 12.4 Å². The Hall–Kier alpha value is -0.810. The SMILES string of the molecule is CC(CO)Sc1nccnc1N. The molecule has 0 radical (unpaired) electrons. The van der Waals surface area contributed by atoms with Crippen LogP contribution < -0.4 is 5.73 Å². The monoisotopic (exact) mass is 185 g/mol. The van der Waals surface area contributed by atoms with Crippen molar-refractivity contribution in [1.82, 2.24) is 9.97 Å². The summed E-state index contributed by atoms with van der Waals surface area (Å²) >= 11 is 1.42. The summed E-state index contributed by atoms with van der Waals surface area (Å²) in [6.45, 7) is 2.01. The summed E-state index contributed by atoms with van der Waals surface area (Å²) in [7, 11) is 0. The lowest BCUT2D eigenvalue weighted by atomic mass is 10.5. The van der Waals surface area contributed by atoms with Crippen LogP contribution in [0.15, 0.2) is 17.4 Å². The molecule has 0 amide bonds. The van der Waals surface area contributed by atoms with Crippen LogP contribution in [0, 0.1) is 0 Å². The van der Waals surface area contributed by atoms with Gasteiger partial charge in [0.1, 0.15) is 5.03 Å². The fraction of sp³-hybridized carbons (Fsp3) is 0.429. The summed E-state index contributed by atoms with van der Waals surface area (Å²) in [5, 5.41) is 9.56. The van der Waals surface area contributed by atoms with Crippen molar-refractivity contribution in [2.24, 2.45) is 0 Å². The van der Waals surface area contributed by atoms with E-state index in [9.17, 15) is 0 Å². The Morgan fingerprint density at radius 3 is 2.83 bits per heavy atom. The molecule has 0 saturated carbocycles. The van der Waals surface area contributed by atoms with Crippen molar-refractivity contribution >= 4 is 17.6 Å². The van der Waals surface area contributed by atoms with Crippen LogP contribution in [-0.4, -0.2) is 26.9 Å². The Morgan fingerprint density at radius 2 is 2.25 bits per heavy atom. The molecule has 1 heterocycles. The number of hydrogen-bond donors (Lipinski definition) is 2. The molecule has 1 aromatic heterocycles. The summed E-state index contributed by atoms with van der Waals surface area (Å²) in [6, 6.07) is 0. The maximum Gasteiger partial charge on any atom is 0.156 e. The van der Waals surface area contributed by atoms with E-state index in [1.807, 2.05) is 6.92 Å². The van der Waals surface area contributed by atoms with Gasteiger partial charge in [-0.05, 0) is 0 Å². The molecule has 66 valence electrons. The van der Waals surface area contributed by atoms with Gasteiger partial charge in [0.25, 0.3) is 0 Å². The van der Waals surface area contributed by atoms with E-state index in [1.165, 1.54) is 11.8 Å². The second kappa shape index (κ2) is 4.27. The van der Waals surface area contributed by atoms with Crippen molar-refractivity contribution < 1.29 is 5.11 Å². The number of aromatic nitrogens is 2. The summed E-state index contributed by atoms with van der Waals surface area (Å²) in [6.07, 6.45) is 3.13. The quantitative estimate of drug-likeness (QED) is 0.672. The normalized spacial score (nSPS) is 12.8. The fourth-order valence-corrected chi connectivity index (χ4v) is 1.41. The summed E-state index contributed by atoms with van der Waals surface area (Å²) in [5.74, 6) is 0.419. The Morgan fingerprint density at radius 1 is 1.58 bits per heavy atom. The van der Waals surface area contributed by atoms with Crippen molar-refractivity contribution in [2.75, 3.05) is 12.3 Å². The third-order valence-corrected chi connectivity index (χ3v) is 2.35. The highest BCUT2D eigenvalue weighted by Crippen LogP contribution is 2.23. The minimum Gasteiger partial charge on any atom is -0.395 e. The van der Waals surface area contributed by atoms with Crippen LogP contribution in [0.25, 0.3) is 0 Å². The van der Waals surface area contributed by atoms with Gasteiger partial charge < -0.3 is 10.8 Å². The van der Waals surface area contributed by atoms with E-state index in [-0.39, 0.29) is 11.9 Å². The second-order valence-electron chi connectivity index (χ2n) is 2.36. The first kappa shape index (κ1) is 9.28. The van der Waals surface area contributed by atoms with Gasteiger partial charge in [-0.3, -0.25) is 0 Å². The van der Waals surface area contributed by atoms with Crippen LogP contribution >= 0.6 is 11.8 Å². The number of aliphatic hydroxyl groups excluding tert-OH is 1. The van der Waals surface area contributed by atoms with Crippen LogP contribution in [0.5, 0.6) is 0 Å². The fourth-order valence-electron chi connectivity index (χ4n) is 0.655. The molecule has 1 unspecified atom stereocenters. The summed E-state index contributed by atoms with van der Waals surface area (Å²) < 4.78 is 0. The van der Waals surface area contributed by atoms with Crippen molar-refractivity contribution in [1.29, 1.82) is 0 Å². The Kier molecular flexibility index (Phi) is 3.31. The molecule has 1 aromatic rings. The van der Waals surface area contributed by atoms with E-state index in [0.717, 1.165) is 0 Å². The molecule has 0 aromatic carbocycles. The zero-order valence-corrected chi connectivity index (χ0v) is 7.58. The molecule has 1 atom stereocenters. The molecule has 1 rings (SSSR count). The number of nitrogens with zero attached hydrogens (tertiary/aromatic N) is 2. The third-order valence-electron chi connectivity index (χ3n) is 1.26. The average Bonchev–Trinajstić information content (AvgIpc) is 2.09. The van der Waals surface area contributed by atoms with Gasteiger partial charge in [0, 0.05) is 17.6 Å². The lowest BCUT2D eigenvalue weighted by Gasteiger charge is -2.06. The molecular formula is C7H11N3OS. The first-order valence-corrected chi connectivity index (χ1v) is 4.46. The Bertz CT molecular complexity index is 256. The number of hydrogen-bond acceptors (Lipinski definition) is 5. The number of aliphatic hydroxyl groups is 1. The highest BCUT2D eigenvalue weighted by molar-refractivity contribution is 8.00. The van der Waals surface area contributed by atoms with E-state index in [4.69, 9.17) is 10.8 Å². The molecule has 0 aliphatic carbocycles. The predicted octanol–water partition coefficient (Wildman–Crippen LogP) is 0.532. The zero-order valence-electron chi connectivity index (χ0n) is 6.77. The van der Waals surface area contributed by atoms with Crippen LogP contribution in [0.2, 0.25) is 0 Å². The summed E-state index contributed by atoms with van der Waals surface area (Å²) in [5.41, 5.74) is 5.55. The molecule has 12 heavy (non-hydrogen) atoms. The van der Waals surface area contributed by atoms with Crippen molar-refractivity contribution in [2.45, 2.75) is 17.2 Å². The number of rotatable bonds is 3. The van der Waals surface area contributed by atoms with Crippen molar-refractivity contribution in [3.05, 3.63) is 12.4 Å². The molecule has 0 saturated heterocycles. The largest absolute Gasteiger partial charge is 0.395 e. The minimum absolute atomic E-state index is 0.101. The van der Waals surface area contributed by atoms with E-state index in [0.29, 0.717) is 10.8 Å². The molecule has 5 heteroatoms. The molecule has 3 N–H and O–H groups in total. The lowest BCUT2D eigenvalue weighted by molar-refractivity contribution is 0.300. The number of nitrogens with two attached hydrogens (primary N) is 1. The molecular weight excluding hydrogens is 174 g/mol. The smallest absolute Gasteiger partial charge is 0.156 e. The summed E-state index contributed by atoms with van der Waals surface area (Å²) in [4.78, 5) is 7.91. The molecule has 0 fully saturated rings. The van der Waals surface area contributed by atoms with Crippen molar-refractivity contribution in [3.63, 3.8) is 0 Å². The zero-order chi connectivity index (χ0) is 8.97. The topological polar surface area (TPSA) is 72.0 Å². The van der Waals surface area contributed by atoms with Gasteiger partial charge >= 0.3 is 0 Å². The van der Waals surface area contributed by atoms with Gasteiger partial charge in [0.2, 0.25) is 0 Å². The van der Waals surface area contributed by atoms with Gasteiger partial charge in [-0.1, -0.05) is 18.7 Å². The molecule has 4 nitrogen and oxygen atoms in total. The molecule has 0 aliphatic rings. The van der Waals surface area contributed by atoms with Gasteiger partial charge in [0.15, 0.2) is 5.82 Å². The third kappa shape index (κ3) is 2.35. The lowest BCUT2D eigenvalue weighted by Crippen LogP contribution is -2.04. The molecule has 0 spiro atoms. The standard InChI is InChI=1S/C7H11N3OS/c1-5(4-11)12-7-6(8)9-2-3-10-7/h2-3,5,11H,4H2,1H3,(H2,8,9). The van der Waals surface area contributed by atoms with Crippen LogP contribution in [0.4, 0.5) is 5.82 Å². The Balaban J connectivity index is 2.69. The van der Waals surface area contributed by atoms with Crippen LogP contribution in [0.3, 0.4) is 0 Å². The number of thioether (sulfide) groups is 1.